The zero-order chi connectivity index (χ0) is 21.0. The van der Waals surface area contributed by atoms with E-state index in [4.69, 9.17) is 4.98 Å². The van der Waals surface area contributed by atoms with Gasteiger partial charge in [-0.25, -0.2) is 4.98 Å². The molecule has 31 heavy (non-hydrogen) atoms. The molecule has 5 aliphatic rings. The van der Waals surface area contributed by atoms with E-state index in [1.54, 1.807) is 0 Å². The minimum Gasteiger partial charge on any atom is -0.349 e. The number of nitrogens with one attached hydrogen (secondary N) is 1. The Morgan fingerprint density at radius 1 is 1.10 bits per heavy atom. The first kappa shape index (κ1) is 19.7. The Balaban J connectivity index is 1.03. The van der Waals surface area contributed by atoms with Crippen molar-refractivity contribution in [3.05, 3.63) is 36.3 Å². The van der Waals surface area contributed by atoms with Crippen LogP contribution in [0.1, 0.15) is 51.1 Å². The van der Waals surface area contributed by atoms with E-state index < -0.39 is 0 Å². The molecule has 1 unspecified atom stereocenters. The molecule has 2 aromatic rings. The summed E-state index contributed by atoms with van der Waals surface area (Å²) in [6, 6.07) is 6.07. The van der Waals surface area contributed by atoms with E-state index in [2.05, 4.69) is 32.6 Å². The molecular weight excluding hydrogens is 386 g/mol. The highest BCUT2D eigenvalue weighted by Crippen LogP contribution is 2.55. The summed E-state index contributed by atoms with van der Waals surface area (Å²) in [7, 11) is 0. The smallest absolute Gasteiger partial charge is 0.237 e. The van der Waals surface area contributed by atoms with Gasteiger partial charge in [-0.15, -0.1) is 0 Å². The van der Waals surface area contributed by atoms with E-state index in [0.717, 1.165) is 61.8 Å². The van der Waals surface area contributed by atoms with Crippen molar-refractivity contribution in [1.29, 1.82) is 0 Å². The summed E-state index contributed by atoms with van der Waals surface area (Å²) >= 11 is 0. The number of hydrogen-bond donors (Lipinski definition) is 1. The van der Waals surface area contributed by atoms with E-state index in [1.807, 2.05) is 24.4 Å². The van der Waals surface area contributed by atoms with Gasteiger partial charge in [-0.1, -0.05) is 6.07 Å². The predicted octanol–water partition coefficient (Wildman–Crippen LogP) is 2.93. The number of amides is 1. The highest BCUT2D eigenvalue weighted by atomic mass is 16.2. The number of fused-ring (bicyclic) bond motifs is 1. The van der Waals surface area contributed by atoms with Gasteiger partial charge in [0.2, 0.25) is 5.91 Å². The zero-order valence-electron chi connectivity index (χ0n) is 18.7. The van der Waals surface area contributed by atoms with Crippen molar-refractivity contribution in [2.45, 2.75) is 63.6 Å². The van der Waals surface area contributed by atoms with Gasteiger partial charge < -0.3 is 9.72 Å². The zero-order valence-corrected chi connectivity index (χ0v) is 18.7. The summed E-state index contributed by atoms with van der Waals surface area (Å²) in [5.41, 5.74) is 2.24. The van der Waals surface area contributed by atoms with Crippen LogP contribution < -0.4 is 5.32 Å². The van der Waals surface area contributed by atoms with Crippen LogP contribution in [0, 0.1) is 17.8 Å². The second kappa shape index (κ2) is 7.59. The van der Waals surface area contributed by atoms with Gasteiger partial charge in [-0.3, -0.25) is 14.6 Å². The number of carbonyl (C=O) groups is 1. The number of nitrogens with zero attached hydrogens (tertiary/aromatic N) is 4. The van der Waals surface area contributed by atoms with Gasteiger partial charge in [-0.2, -0.15) is 0 Å². The Hall–Kier alpha value is -1.92. The molecule has 0 spiro atoms. The lowest BCUT2D eigenvalue weighted by Gasteiger charge is -2.57. The summed E-state index contributed by atoms with van der Waals surface area (Å²) in [4.78, 5) is 22.8. The summed E-state index contributed by atoms with van der Waals surface area (Å²) in [6.07, 6.45) is 12.1. The molecule has 1 N–H and O–H groups in total. The molecule has 4 bridgehead atoms. The molecule has 6 heteroatoms. The number of rotatable bonds is 5. The molecule has 7 rings (SSSR count). The number of hydrogen-bond acceptors (Lipinski definition) is 4. The van der Waals surface area contributed by atoms with Gasteiger partial charge in [0, 0.05) is 50.7 Å². The monoisotopic (exact) mass is 421 g/mol. The first-order valence-corrected chi connectivity index (χ1v) is 12.3. The Bertz CT molecular complexity index is 891. The minimum atomic E-state index is -0.0367. The SMILES string of the molecule is CC(C(=O)NC12CC3CC(CC(C3)C1)C2)N1CCN(Cc2cn3ccccc3n2)CC1. The molecule has 5 fully saturated rings. The fourth-order valence-corrected chi connectivity index (χ4v) is 7.40. The van der Waals surface area contributed by atoms with Gasteiger partial charge in [-0.05, 0) is 75.3 Å². The third-order valence-corrected chi connectivity index (χ3v) is 8.56. The third kappa shape index (κ3) is 3.78. The molecule has 1 aliphatic heterocycles. The van der Waals surface area contributed by atoms with Crippen LogP contribution in [0.2, 0.25) is 0 Å². The Kier molecular flexibility index (Phi) is 4.83. The molecule has 4 saturated carbocycles. The van der Waals surface area contributed by atoms with Crippen LogP contribution in [-0.4, -0.2) is 62.9 Å². The van der Waals surface area contributed by atoms with Gasteiger partial charge >= 0.3 is 0 Å². The summed E-state index contributed by atoms with van der Waals surface area (Å²) < 4.78 is 2.09. The van der Waals surface area contributed by atoms with Crippen LogP contribution in [0.3, 0.4) is 0 Å². The molecule has 0 aromatic carbocycles. The first-order valence-electron chi connectivity index (χ1n) is 12.3. The Labute approximate surface area is 185 Å². The fourth-order valence-electron chi connectivity index (χ4n) is 7.40. The normalized spacial score (nSPS) is 34.3. The highest BCUT2D eigenvalue weighted by Gasteiger charge is 2.51. The van der Waals surface area contributed by atoms with Crippen LogP contribution in [-0.2, 0) is 11.3 Å². The first-order chi connectivity index (χ1) is 15.1. The van der Waals surface area contributed by atoms with Gasteiger partial charge in [0.25, 0.3) is 0 Å². The average molecular weight is 422 g/mol. The summed E-state index contributed by atoms with van der Waals surface area (Å²) in [6.45, 7) is 6.86. The standard InChI is InChI=1S/C25H35N5O/c1-18(24(31)27-25-13-19-10-20(14-25)12-21(11-19)15-25)29-8-6-28(7-9-29)16-22-17-30-5-3-2-4-23(30)26-22/h2-5,17-21H,6-16H2,1H3,(H,27,31). The van der Waals surface area contributed by atoms with E-state index in [9.17, 15) is 4.79 Å². The van der Waals surface area contributed by atoms with E-state index in [0.29, 0.717) is 0 Å². The van der Waals surface area contributed by atoms with Gasteiger partial charge in [0.15, 0.2) is 0 Å². The van der Waals surface area contributed by atoms with Crippen molar-refractivity contribution in [1.82, 2.24) is 24.5 Å². The molecule has 1 atom stereocenters. The molecule has 166 valence electrons. The molecule has 6 nitrogen and oxygen atoms in total. The summed E-state index contributed by atoms with van der Waals surface area (Å²) in [5, 5.41) is 3.58. The van der Waals surface area contributed by atoms with Crippen LogP contribution in [0.15, 0.2) is 30.6 Å². The quantitative estimate of drug-likeness (QED) is 0.807. The van der Waals surface area contributed by atoms with Crippen molar-refractivity contribution in [2.24, 2.45) is 17.8 Å². The van der Waals surface area contributed by atoms with Crippen molar-refractivity contribution in [3.8, 4) is 0 Å². The maximum absolute atomic E-state index is 13.2. The molecule has 4 aliphatic carbocycles. The molecule has 2 aromatic heterocycles. The second-order valence-corrected chi connectivity index (χ2v) is 10.9. The van der Waals surface area contributed by atoms with E-state index in [1.165, 1.54) is 38.5 Å². The highest BCUT2D eigenvalue weighted by molar-refractivity contribution is 5.82. The third-order valence-electron chi connectivity index (χ3n) is 8.56. The topological polar surface area (TPSA) is 52.9 Å². The van der Waals surface area contributed by atoms with Crippen LogP contribution in [0.4, 0.5) is 0 Å². The number of piperazine rings is 1. The maximum atomic E-state index is 13.2. The van der Waals surface area contributed by atoms with Crippen LogP contribution in [0.5, 0.6) is 0 Å². The summed E-state index contributed by atoms with van der Waals surface area (Å²) in [5.74, 6) is 2.86. The van der Waals surface area contributed by atoms with E-state index in [-0.39, 0.29) is 17.5 Å². The number of aromatic nitrogens is 2. The average Bonchev–Trinajstić information content (AvgIpc) is 3.15. The van der Waals surface area contributed by atoms with Crippen molar-refractivity contribution in [3.63, 3.8) is 0 Å². The lowest BCUT2D eigenvalue weighted by atomic mass is 9.53. The number of imidazole rings is 1. The lowest BCUT2D eigenvalue weighted by Crippen LogP contribution is -2.63. The lowest BCUT2D eigenvalue weighted by molar-refractivity contribution is -0.132. The van der Waals surface area contributed by atoms with Gasteiger partial charge in [0.05, 0.1) is 11.7 Å². The fraction of sp³-hybridized carbons (Fsp3) is 0.680. The second-order valence-electron chi connectivity index (χ2n) is 10.9. The number of pyridine rings is 1. The van der Waals surface area contributed by atoms with Crippen LogP contribution in [0.25, 0.3) is 5.65 Å². The predicted molar refractivity (Wildman–Crippen MR) is 121 cm³/mol. The molecule has 1 amide bonds. The van der Waals surface area contributed by atoms with Gasteiger partial charge in [0.1, 0.15) is 5.65 Å². The van der Waals surface area contributed by atoms with Crippen molar-refractivity contribution in [2.75, 3.05) is 26.2 Å². The molecule has 3 heterocycles. The Morgan fingerprint density at radius 3 is 2.42 bits per heavy atom. The minimum absolute atomic E-state index is 0.0367. The van der Waals surface area contributed by atoms with E-state index >= 15 is 0 Å². The molecule has 1 saturated heterocycles. The van der Waals surface area contributed by atoms with Crippen molar-refractivity contribution >= 4 is 11.6 Å². The Morgan fingerprint density at radius 2 is 1.77 bits per heavy atom. The molecular formula is C25H35N5O. The van der Waals surface area contributed by atoms with Crippen molar-refractivity contribution < 1.29 is 4.79 Å². The maximum Gasteiger partial charge on any atom is 0.237 e. The molecule has 0 radical (unpaired) electrons. The largest absolute Gasteiger partial charge is 0.349 e. The van der Waals surface area contributed by atoms with Crippen LogP contribution >= 0.6 is 0 Å². The number of carbonyl (C=O) groups excluding carboxylic acids is 1.